The van der Waals surface area contributed by atoms with E-state index in [2.05, 4.69) is 62.5 Å². The smallest absolute Gasteiger partial charge is 0.306 e. The Bertz CT molecular complexity index is 1030. The minimum absolute atomic E-state index is 0.0282. The van der Waals surface area contributed by atoms with E-state index in [4.69, 9.17) is 14.2 Å². The lowest BCUT2D eigenvalue weighted by Crippen LogP contribution is -2.55. The highest BCUT2D eigenvalue weighted by molar-refractivity contribution is 5.70. The monoisotopic (exact) mass is 760 g/mol. The topological polar surface area (TPSA) is 102 Å². The van der Waals surface area contributed by atoms with Gasteiger partial charge in [0.2, 0.25) is 0 Å². The summed E-state index contributed by atoms with van der Waals surface area (Å²) in [7, 11) is 5.39. The van der Waals surface area contributed by atoms with E-state index in [-0.39, 0.29) is 49.1 Å². The van der Waals surface area contributed by atoms with Crippen molar-refractivity contribution in [3.63, 3.8) is 0 Å². The Morgan fingerprint density at radius 2 is 0.981 bits per heavy atom. The molecule has 0 N–H and O–H groups in total. The minimum Gasteiger partial charge on any atom is -0.544 e. The molecule has 0 fully saturated rings. The fourth-order valence-electron chi connectivity index (χ4n) is 6.04. The van der Waals surface area contributed by atoms with Crippen LogP contribution in [0.1, 0.15) is 174 Å². The van der Waals surface area contributed by atoms with E-state index < -0.39 is 18.1 Å². The third-order valence-corrected chi connectivity index (χ3v) is 9.49. The number of rotatable bonds is 38. The molecule has 0 aliphatic carbocycles. The highest BCUT2D eigenvalue weighted by Crippen LogP contribution is 2.14. The van der Waals surface area contributed by atoms with E-state index in [1.165, 1.54) is 89.9 Å². The van der Waals surface area contributed by atoms with Crippen molar-refractivity contribution in [3.05, 3.63) is 48.6 Å². The number of ether oxygens (including phenoxy) is 3. The lowest BCUT2D eigenvalue weighted by Gasteiger charge is -2.34. The Morgan fingerprint density at radius 3 is 1.46 bits per heavy atom. The highest BCUT2D eigenvalue weighted by atomic mass is 16.6. The summed E-state index contributed by atoms with van der Waals surface area (Å²) in [6.45, 7) is 4.54. The molecular formula is C46H81NO7. The Morgan fingerprint density at radius 1 is 0.556 bits per heavy atom. The first-order chi connectivity index (χ1) is 26.1. The molecule has 0 amide bonds. The first-order valence-corrected chi connectivity index (χ1v) is 21.7. The molecular weight excluding hydrogens is 679 g/mol. The van der Waals surface area contributed by atoms with Crippen LogP contribution in [-0.4, -0.2) is 75.5 Å². The molecule has 0 aliphatic rings. The molecule has 2 unspecified atom stereocenters. The van der Waals surface area contributed by atoms with Crippen molar-refractivity contribution >= 4 is 17.9 Å². The average Bonchev–Trinajstić information content (AvgIpc) is 3.12. The first-order valence-electron chi connectivity index (χ1n) is 21.7. The van der Waals surface area contributed by atoms with Crippen LogP contribution in [-0.2, 0) is 28.6 Å². The Kier molecular flexibility index (Phi) is 35.4. The van der Waals surface area contributed by atoms with Crippen molar-refractivity contribution in [2.45, 2.75) is 187 Å². The van der Waals surface area contributed by atoms with Crippen LogP contribution in [0.25, 0.3) is 0 Å². The van der Waals surface area contributed by atoms with Crippen molar-refractivity contribution in [1.82, 2.24) is 0 Å². The van der Waals surface area contributed by atoms with E-state index in [1.807, 2.05) is 0 Å². The molecule has 8 heteroatoms. The van der Waals surface area contributed by atoms with Gasteiger partial charge in [0, 0.05) is 19.3 Å². The number of likely N-dealkylation sites (N-methyl/N-ethyl adjacent to an activating group) is 1. The number of carbonyl (C=O) groups excluding carboxylic acids is 3. The summed E-state index contributed by atoms with van der Waals surface area (Å²) in [5.74, 6) is -1.78. The maximum absolute atomic E-state index is 12.6. The van der Waals surface area contributed by atoms with E-state index in [0.717, 1.165) is 51.4 Å². The zero-order valence-electron chi connectivity index (χ0n) is 35.4. The summed E-state index contributed by atoms with van der Waals surface area (Å²) in [6.07, 6.45) is 42.8. The number of nitrogens with zero attached hydrogens (tertiary/aromatic N) is 1. The molecule has 0 saturated heterocycles. The molecule has 0 radical (unpaired) electrons. The van der Waals surface area contributed by atoms with Gasteiger partial charge in [-0.05, 0) is 57.8 Å². The van der Waals surface area contributed by atoms with Crippen LogP contribution in [0.5, 0.6) is 0 Å². The molecule has 0 bridgehead atoms. The van der Waals surface area contributed by atoms with Gasteiger partial charge in [-0.25, -0.2) is 0 Å². The molecule has 312 valence electrons. The molecule has 8 nitrogen and oxygen atoms in total. The highest BCUT2D eigenvalue weighted by Gasteiger charge is 2.25. The third kappa shape index (κ3) is 35.0. The van der Waals surface area contributed by atoms with Crippen LogP contribution in [0.2, 0.25) is 0 Å². The SMILES string of the molecule is CCCC/C=C/C=C/CCCCCC(=O)OC(COCCC(C(=O)[O-])[N+](C)(C)C)COC(=O)CCCCCCCCCCCC/C=C/C=C/CCCCC. The normalized spacial score (nSPS) is 13.4. The molecule has 0 aromatic heterocycles. The van der Waals surface area contributed by atoms with Crippen molar-refractivity contribution in [3.8, 4) is 0 Å². The Hall–Kier alpha value is -2.71. The fourth-order valence-corrected chi connectivity index (χ4v) is 6.04. The van der Waals surface area contributed by atoms with Gasteiger partial charge in [0.05, 0.1) is 40.3 Å². The standard InChI is InChI=1S/C46H81NO7/c1-6-8-10-12-14-16-18-19-20-21-22-23-24-25-27-28-30-32-34-36-44(48)53-41-42(40-52-39-38-43(46(50)51)47(3,4)5)54-45(49)37-35-33-31-29-26-17-15-13-11-9-7-2/h13-19,26,42-43H,6-12,20-25,27-41H2,1-5H3/b15-13+,16-14+,19-18+,26-17+. The van der Waals surface area contributed by atoms with Crippen LogP contribution in [0, 0.1) is 0 Å². The van der Waals surface area contributed by atoms with E-state index in [0.29, 0.717) is 6.42 Å². The fraction of sp³-hybridized carbons (Fsp3) is 0.761. The summed E-state index contributed by atoms with van der Waals surface area (Å²) in [5, 5.41) is 11.6. The average molecular weight is 760 g/mol. The summed E-state index contributed by atoms with van der Waals surface area (Å²) in [4.78, 5) is 36.8. The van der Waals surface area contributed by atoms with Gasteiger partial charge in [0.1, 0.15) is 12.6 Å². The van der Waals surface area contributed by atoms with Gasteiger partial charge >= 0.3 is 11.9 Å². The molecule has 0 spiro atoms. The molecule has 0 aliphatic heterocycles. The number of carboxylic acid groups (broad SMARTS) is 1. The van der Waals surface area contributed by atoms with Crippen LogP contribution in [0.3, 0.4) is 0 Å². The second kappa shape index (κ2) is 37.2. The summed E-state index contributed by atoms with van der Waals surface area (Å²) >= 11 is 0. The lowest BCUT2D eigenvalue weighted by atomic mass is 10.1. The molecule has 0 aromatic carbocycles. The second-order valence-corrected chi connectivity index (χ2v) is 15.6. The molecule has 0 heterocycles. The number of aliphatic carboxylic acids is 1. The number of allylic oxidation sites excluding steroid dienone is 8. The number of esters is 2. The number of carboxylic acids is 1. The summed E-state index contributed by atoms with van der Waals surface area (Å²) in [5.41, 5.74) is 0. The first kappa shape index (κ1) is 51.3. The van der Waals surface area contributed by atoms with Gasteiger partial charge in [-0.2, -0.15) is 0 Å². The van der Waals surface area contributed by atoms with Crippen LogP contribution >= 0.6 is 0 Å². The lowest BCUT2D eigenvalue weighted by molar-refractivity contribution is -0.889. The van der Waals surface area contributed by atoms with E-state index >= 15 is 0 Å². The molecule has 0 saturated carbocycles. The van der Waals surface area contributed by atoms with Crippen molar-refractivity contribution in [2.75, 3.05) is 41.0 Å². The van der Waals surface area contributed by atoms with Gasteiger partial charge in [-0.3, -0.25) is 9.59 Å². The number of hydrogen-bond donors (Lipinski definition) is 0. The number of unbranched alkanes of at least 4 members (excludes halogenated alkanes) is 18. The van der Waals surface area contributed by atoms with Crippen molar-refractivity contribution < 1.29 is 38.2 Å². The number of quaternary nitrogens is 1. The van der Waals surface area contributed by atoms with Crippen LogP contribution in [0.15, 0.2) is 48.6 Å². The number of hydrogen-bond acceptors (Lipinski definition) is 7. The van der Waals surface area contributed by atoms with Gasteiger partial charge < -0.3 is 28.6 Å². The van der Waals surface area contributed by atoms with Gasteiger partial charge in [-0.1, -0.05) is 146 Å². The van der Waals surface area contributed by atoms with Crippen molar-refractivity contribution in [2.24, 2.45) is 0 Å². The minimum atomic E-state index is -1.13. The van der Waals surface area contributed by atoms with Crippen LogP contribution in [0.4, 0.5) is 0 Å². The van der Waals surface area contributed by atoms with E-state index in [9.17, 15) is 19.5 Å². The van der Waals surface area contributed by atoms with Crippen LogP contribution < -0.4 is 5.11 Å². The quantitative estimate of drug-likeness (QED) is 0.0267. The van der Waals surface area contributed by atoms with Gasteiger partial charge in [-0.15, -0.1) is 0 Å². The summed E-state index contributed by atoms with van der Waals surface area (Å²) < 4.78 is 17.1. The molecule has 54 heavy (non-hydrogen) atoms. The zero-order chi connectivity index (χ0) is 40.0. The molecule has 2 atom stereocenters. The number of carbonyl (C=O) groups is 3. The second-order valence-electron chi connectivity index (χ2n) is 15.6. The Labute approximate surface area is 331 Å². The largest absolute Gasteiger partial charge is 0.544 e. The molecule has 0 aromatic rings. The van der Waals surface area contributed by atoms with Gasteiger partial charge in [0.25, 0.3) is 0 Å². The van der Waals surface area contributed by atoms with E-state index in [1.54, 1.807) is 21.1 Å². The van der Waals surface area contributed by atoms with Gasteiger partial charge in [0.15, 0.2) is 6.10 Å². The summed E-state index contributed by atoms with van der Waals surface area (Å²) in [6, 6.07) is -0.731. The Balaban J connectivity index is 4.32. The zero-order valence-corrected chi connectivity index (χ0v) is 35.4. The van der Waals surface area contributed by atoms with Crippen molar-refractivity contribution in [1.29, 1.82) is 0 Å². The maximum Gasteiger partial charge on any atom is 0.306 e. The third-order valence-electron chi connectivity index (χ3n) is 9.49. The predicted molar refractivity (Wildman–Crippen MR) is 222 cm³/mol. The molecule has 0 rings (SSSR count). The maximum atomic E-state index is 12.6. The predicted octanol–water partition coefficient (Wildman–Crippen LogP) is 10.3.